The van der Waals surface area contributed by atoms with Gasteiger partial charge >= 0.3 is 0 Å². The minimum absolute atomic E-state index is 0.486. The van der Waals surface area contributed by atoms with Crippen LogP contribution in [-0.2, 0) is 0 Å². The summed E-state index contributed by atoms with van der Waals surface area (Å²) < 4.78 is 0. The highest BCUT2D eigenvalue weighted by molar-refractivity contribution is 6.33. The second-order valence-electron chi connectivity index (χ2n) is 4.32. The van der Waals surface area contributed by atoms with E-state index in [2.05, 4.69) is 24.8 Å². The molecule has 0 unspecified atom stereocenters. The van der Waals surface area contributed by atoms with Crippen LogP contribution in [0.3, 0.4) is 0 Å². The molecule has 0 atom stereocenters. The van der Waals surface area contributed by atoms with Gasteiger partial charge in [-0.1, -0.05) is 35.9 Å². The van der Waals surface area contributed by atoms with E-state index in [1.807, 2.05) is 30.3 Å². The van der Waals surface area contributed by atoms with E-state index in [1.165, 1.54) is 5.56 Å². The Morgan fingerprint density at radius 1 is 1.11 bits per heavy atom. The van der Waals surface area contributed by atoms with Gasteiger partial charge in [0.1, 0.15) is 0 Å². The summed E-state index contributed by atoms with van der Waals surface area (Å²) in [6, 6.07) is 13.6. The van der Waals surface area contributed by atoms with E-state index in [4.69, 9.17) is 11.6 Å². The summed E-state index contributed by atoms with van der Waals surface area (Å²) in [5.41, 5.74) is 3.64. The zero-order valence-corrected chi connectivity index (χ0v) is 11.8. The first-order valence-electron chi connectivity index (χ1n) is 6.26. The Balaban J connectivity index is 2.58. The van der Waals surface area contributed by atoms with E-state index in [1.54, 1.807) is 6.07 Å². The molecule has 0 radical (unpaired) electrons. The number of benzene rings is 2. The molecule has 0 aromatic heterocycles. The Kier molecular flexibility index (Phi) is 4.23. The molecule has 19 heavy (non-hydrogen) atoms. The highest BCUT2D eigenvalue weighted by Crippen LogP contribution is 2.32. The van der Waals surface area contributed by atoms with E-state index >= 15 is 0 Å². The molecule has 0 aliphatic carbocycles. The highest BCUT2D eigenvalue weighted by Gasteiger charge is 2.15. The number of hydrogen-bond acceptors (Lipinski definition) is 2. The summed E-state index contributed by atoms with van der Waals surface area (Å²) in [5.74, 6) is 0. The number of anilines is 2. The van der Waals surface area contributed by atoms with Crippen molar-refractivity contribution in [3.63, 3.8) is 0 Å². The second-order valence-corrected chi connectivity index (χ2v) is 4.73. The zero-order chi connectivity index (χ0) is 13.8. The van der Waals surface area contributed by atoms with Crippen LogP contribution in [0, 0.1) is 6.92 Å². The summed E-state index contributed by atoms with van der Waals surface area (Å²) >= 11 is 6.10. The molecule has 2 aromatic carbocycles. The Morgan fingerprint density at radius 3 is 2.42 bits per heavy atom. The highest BCUT2D eigenvalue weighted by atomic mass is 35.5. The lowest BCUT2D eigenvalue weighted by atomic mass is 10.1. The smallest absolute Gasteiger partial charge is 0.153 e. The third-order valence-corrected chi connectivity index (χ3v) is 3.49. The van der Waals surface area contributed by atoms with Crippen LogP contribution in [0.2, 0.25) is 5.02 Å². The average Bonchev–Trinajstić information content (AvgIpc) is 2.42. The lowest BCUT2D eigenvalue weighted by Crippen LogP contribution is -2.18. The van der Waals surface area contributed by atoms with E-state index in [9.17, 15) is 4.79 Å². The lowest BCUT2D eigenvalue weighted by molar-refractivity contribution is 0.112. The minimum Gasteiger partial charge on any atom is -0.341 e. The van der Waals surface area contributed by atoms with Gasteiger partial charge in [-0.05, 0) is 37.6 Å². The van der Waals surface area contributed by atoms with Crippen molar-refractivity contribution in [3.8, 4) is 0 Å². The quantitative estimate of drug-likeness (QED) is 0.758. The number of rotatable bonds is 4. The molecular formula is C16H16ClNO. The van der Waals surface area contributed by atoms with Crippen molar-refractivity contribution < 1.29 is 4.79 Å². The topological polar surface area (TPSA) is 20.3 Å². The van der Waals surface area contributed by atoms with Crippen LogP contribution in [0.4, 0.5) is 11.4 Å². The van der Waals surface area contributed by atoms with E-state index in [-0.39, 0.29) is 0 Å². The second kappa shape index (κ2) is 5.89. The number of halogens is 1. The molecule has 0 amide bonds. The van der Waals surface area contributed by atoms with Crippen LogP contribution >= 0.6 is 11.6 Å². The number of carbonyl (C=O) groups is 1. The predicted molar refractivity (Wildman–Crippen MR) is 80.7 cm³/mol. The molecule has 0 aliphatic rings. The van der Waals surface area contributed by atoms with Crippen molar-refractivity contribution >= 4 is 29.3 Å². The van der Waals surface area contributed by atoms with Crippen LogP contribution in [0.5, 0.6) is 0 Å². The SMILES string of the molecule is CCN(c1ccccc1C)c1cccc(Cl)c1C=O. The molecule has 98 valence electrons. The van der Waals surface area contributed by atoms with E-state index in [0.29, 0.717) is 10.6 Å². The molecule has 0 saturated heterocycles. The number of aldehydes is 1. The number of carbonyl (C=O) groups excluding carboxylic acids is 1. The maximum Gasteiger partial charge on any atom is 0.153 e. The Bertz CT molecular complexity index is 595. The van der Waals surface area contributed by atoms with Crippen LogP contribution in [-0.4, -0.2) is 12.8 Å². The number of nitrogens with zero attached hydrogens (tertiary/aromatic N) is 1. The molecule has 0 aliphatic heterocycles. The third-order valence-electron chi connectivity index (χ3n) is 3.16. The van der Waals surface area contributed by atoms with Crippen molar-refractivity contribution in [2.75, 3.05) is 11.4 Å². The molecule has 0 bridgehead atoms. The first-order chi connectivity index (χ1) is 9.19. The van der Waals surface area contributed by atoms with Crippen LogP contribution in [0.1, 0.15) is 22.8 Å². The fraction of sp³-hybridized carbons (Fsp3) is 0.188. The van der Waals surface area contributed by atoms with Crippen molar-refractivity contribution in [2.45, 2.75) is 13.8 Å². The molecule has 2 nitrogen and oxygen atoms in total. The maximum absolute atomic E-state index is 11.3. The van der Waals surface area contributed by atoms with Gasteiger partial charge in [-0.2, -0.15) is 0 Å². The van der Waals surface area contributed by atoms with E-state index < -0.39 is 0 Å². The fourth-order valence-electron chi connectivity index (χ4n) is 2.21. The van der Waals surface area contributed by atoms with Crippen LogP contribution in [0.15, 0.2) is 42.5 Å². The molecule has 0 saturated carbocycles. The molecule has 0 heterocycles. The Hall–Kier alpha value is -1.80. The summed E-state index contributed by atoms with van der Waals surface area (Å²) in [4.78, 5) is 13.4. The lowest BCUT2D eigenvalue weighted by Gasteiger charge is -2.26. The van der Waals surface area contributed by atoms with E-state index in [0.717, 1.165) is 24.2 Å². The maximum atomic E-state index is 11.3. The molecule has 0 fully saturated rings. The van der Waals surface area contributed by atoms with Crippen molar-refractivity contribution in [1.29, 1.82) is 0 Å². The van der Waals surface area contributed by atoms with Crippen molar-refractivity contribution in [3.05, 3.63) is 58.6 Å². The molecule has 2 aromatic rings. The Labute approximate surface area is 118 Å². The third kappa shape index (κ3) is 2.64. The summed E-state index contributed by atoms with van der Waals surface area (Å²) in [7, 11) is 0. The van der Waals surface area contributed by atoms with Gasteiger partial charge < -0.3 is 4.90 Å². The average molecular weight is 274 g/mol. The molecule has 0 N–H and O–H groups in total. The first-order valence-corrected chi connectivity index (χ1v) is 6.63. The summed E-state index contributed by atoms with van der Waals surface area (Å²) in [6.45, 7) is 4.89. The molecular weight excluding hydrogens is 258 g/mol. The largest absolute Gasteiger partial charge is 0.341 e. The van der Waals surface area contributed by atoms with Gasteiger partial charge in [0.05, 0.1) is 16.3 Å². The van der Waals surface area contributed by atoms with Crippen LogP contribution < -0.4 is 4.90 Å². The van der Waals surface area contributed by atoms with Crippen molar-refractivity contribution in [1.82, 2.24) is 0 Å². The Morgan fingerprint density at radius 2 is 1.79 bits per heavy atom. The van der Waals surface area contributed by atoms with Gasteiger partial charge in [-0.3, -0.25) is 4.79 Å². The van der Waals surface area contributed by atoms with Gasteiger partial charge in [0, 0.05) is 12.2 Å². The zero-order valence-electron chi connectivity index (χ0n) is 11.1. The monoisotopic (exact) mass is 273 g/mol. The summed E-state index contributed by atoms with van der Waals surface area (Å²) in [5, 5.41) is 0.486. The summed E-state index contributed by atoms with van der Waals surface area (Å²) in [6.07, 6.45) is 0.818. The number of para-hydroxylation sites is 1. The normalized spacial score (nSPS) is 10.3. The number of aryl methyl sites for hydroxylation is 1. The molecule has 0 spiro atoms. The van der Waals surface area contributed by atoms with Gasteiger partial charge in [-0.15, -0.1) is 0 Å². The molecule has 3 heteroatoms. The van der Waals surface area contributed by atoms with Crippen molar-refractivity contribution in [2.24, 2.45) is 0 Å². The number of hydrogen-bond donors (Lipinski definition) is 0. The predicted octanol–water partition coefficient (Wildman–Crippen LogP) is 4.62. The standard InChI is InChI=1S/C16H16ClNO/c1-3-18(15-9-5-4-7-12(15)2)16-10-6-8-14(17)13(16)11-19/h4-11H,3H2,1-2H3. The first kappa shape index (κ1) is 13.6. The minimum atomic E-state index is 0.486. The van der Waals surface area contributed by atoms with Gasteiger partial charge in [0.25, 0.3) is 0 Å². The fourth-order valence-corrected chi connectivity index (χ4v) is 2.43. The van der Waals surface area contributed by atoms with Crippen LogP contribution in [0.25, 0.3) is 0 Å². The van der Waals surface area contributed by atoms with Gasteiger partial charge in [-0.25, -0.2) is 0 Å². The molecule has 2 rings (SSSR count). The van der Waals surface area contributed by atoms with Gasteiger partial charge in [0.15, 0.2) is 6.29 Å². The van der Waals surface area contributed by atoms with Gasteiger partial charge in [0.2, 0.25) is 0 Å².